The van der Waals surface area contributed by atoms with E-state index in [4.69, 9.17) is 11.6 Å². The van der Waals surface area contributed by atoms with E-state index in [0.717, 1.165) is 36.7 Å². The molecule has 3 heterocycles. The summed E-state index contributed by atoms with van der Waals surface area (Å²) < 4.78 is 0. The van der Waals surface area contributed by atoms with E-state index in [9.17, 15) is 0 Å². The molecule has 2 aromatic heterocycles. The third-order valence-electron chi connectivity index (χ3n) is 4.69. The lowest BCUT2D eigenvalue weighted by atomic mass is 10.1. The first kappa shape index (κ1) is 15.8. The second kappa shape index (κ2) is 6.67. The molecule has 1 aliphatic heterocycles. The van der Waals surface area contributed by atoms with Gasteiger partial charge in [0, 0.05) is 60.0 Å². The van der Waals surface area contributed by atoms with Crippen LogP contribution >= 0.6 is 22.9 Å². The number of thiazole rings is 1. The van der Waals surface area contributed by atoms with Crippen molar-refractivity contribution in [2.45, 2.75) is 13.0 Å². The number of hydrogen-bond donors (Lipinski definition) is 0. The van der Waals surface area contributed by atoms with Gasteiger partial charge in [-0.2, -0.15) is 0 Å². The number of rotatable bonds is 3. The molecule has 124 valence electrons. The van der Waals surface area contributed by atoms with Crippen LogP contribution in [0.3, 0.4) is 0 Å². The smallest absolute Gasteiger partial charge is 0.109 e. The largest absolute Gasteiger partial charge is 0.368 e. The highest BCUT2D eigenvalue weighted by Gasteiger charge is 2.24. The van der Waals surface area contributed by atoms with Gasteiger partial charge >= 0.3 is 0 Å². The Bertz CT molecular complexity index is 828. The molecule has 0 N–H and O–H groups in total. The van der Waals surface area contributed by atoms with Gasteiger partial charge in [-0.25, -0.2) is 4.98 Å². The molecular weight excluding hydrogens is 340 g/mol. The van der Waals surface area contributed by atoms with E-state index >= 15 is 0 Å². The van der Waals surface area contributed by atoms with Crippen molar-refractivity contribution in [2.75, 3.05) is 31.1 Å². The Morgan fingerprint density at radius 2 is 1.92 bits per heavy atom. The minimum Gasteiger partial charge on any atom is -0.368 e. The number of pyridine rings is 1. The van der Waals surface area contributed by atoms with Crippen LogP contribution in [0.4, 0.5) is 5.69 Å². The van der Waals surface area contributed by atoms with Crippen molar-refractivity contribution in [3.63, 3.8) is 0 Å². The Kier molecular flexibility index (Phi) is 4.39. The van der Waals surface area contributed by atoms with Crippen molar-refractivity contribution in [2.24, 2.45) is 0 Å². The van der Waals surface area contributed by atoms with Crippen LogP contribution in [-0.2, 0) is 0 Å². The second-order valence-electron chi connectivity index (χ2n) is 6.06. The molecule has 3 aromatic rings. The average Bonchev–Trinajstić information content (AvgIpc) is 3.15. The maximum Gasteiger partial charge on any atom is 0.109 e. The van der Waals surface area contributed by atoms with Crippen molar-refractivity contribution in [1.29, 1.82) is 0 Å². The minimum atomic E-state index is 0.389. The first-order valence-electron chi connectivity index (χ1n) is 8.15. The third kappa shape index (κ3) is 2.99. The van der Waals surface area contributed by atoms with Gasteiger partial charge in [-0.3, -0.25) is 9.88 Å². The van der Waals surface area contributed by atoms with Gasteiger partial charge in [0.25, 0.3) is 0 Å². The van der Waals surface area contributed by atoms with E-state index in [0.29, 0.717) is 6.04 Å². The molecule has 6 heteroatoms. The Hall–Kier alpha value is -1.69. The standard InChI is InChI=1S/C18H19ClN4S/c1-13(18-21-6-11-24-18)22-7-9-23(10-8-22)17-4-5-20-16-12-14(19)2-3-15(16)17/h2-6,11-13H,7-10H2,1H3. The summed E-state index contributed by atoms with van der Waals surface area (Å²) in [6.07, 6.45) is 3.76. The van der Waals surface area contributed by atoms with Gasteiger partial charge in [0.1, 0.15) is 5.01 Å². The number of benzene rings is 1. The zero-order valence-corrected chi connectivity index (χ0v) is 15.1. The first-order chi connectivity index (χ1) is 11.7. The molecule has 0 bridgehead atoms. The summed E-state index contributed by atoms with van der Waals surface area (Å²) in [5.41, 5.74) is 2.21. The number of hydrogen-bond acceptors (Lipinski definition) is 5. The zero-order valence-electron chi connectivity index (χ0n) is 13.5. The lowest BCUT2D eigenvalue weighted by molar-refractivity contribution is 0.198. The summed E-state index contributed by atoms with van der Waals surface area (Å²) in [4.78, 5) is 13.9. The molecule has 0 spiro atoms. The van der Waals surface area contributed by atoms with Gasteiger partial charge in [-0.1, -0.05) is 11.6 Å². The second-order valence-corrected chi connectivity index (χ2v) is 7.42. The van der Waals surface area contributed by atoms with Crippen LogP contribution in [0.1, 0.15) is 18.0 Å². The van der Waals surface area contributed by atoms with Gasteiger partial charge in [-0.15, -0.1) is 11.3 Å². The van der Waals surface area contributed by atoms with E-state index in [1.807, 2.05) is 24.5 Å². The van der Waals surface area contributed by atoms with Crippen molar-refractivity contribution in [3.8, 4) is 0 Å². The molecule has 1 aromatic carbocycles. The molecule has 1 aliphatic rings. The molecule has 0 radical (unpaired) electrons. The van der Waals surface area contributed by atoms with Gasteiger partial charge in [0.2, 0.25) is 0 Å². The number of nitrogens with zero attached hydrogens (tertiary/aromatic N) is 4. The number of aromatic nitrogens is 2. The zero-order chi connectivity index (χ0) is 16.5. The van der Waals surface area contributed by atoms with E-state index in [1.165, 1.54) is 16.1 Å². The third-order valence-corrected chi connectivity index (χ3v) is 5.87. The quantitative estimate of drug-likeness (QED) is 0.701. The van der Waals surface area contributed by atoms with Crippen molar-refractivity contribution < 1.29 is 0 Å². The number of anilines is 1. The van der Waals surface area contributed by atoms with E-state index in [1.54, 1.807) is 11.3 Å². The first-order valence-corrected chi connectivity index (χ1v) is 9.41. The summed E-state index contributed by atoms with van der Waals surface area (Å²) >= 11 is 7.83. The number of piperazine rings is 1. The van der Waals surface area contributed by atoms with Crippen LogP contribution in [-0.4, -0.2) is 41.0 Å². The highest BCUT2D eigenvalue weighted by atomic mass is 35.5. The van der Waals surface area contributed by atoms with Gasteiger partial charge in [0.05, 0.1) is 11.6 Å². The Morgan fingerprint density at radius 3 is 2.67 bits per heavy atom. The summed E-state index contributed by atoms with van der Waals surface area (Å²) in [5, 5.41) is 5.15. The van der Waals surface area contributed by atoms with Gasteiger partial charge in [-0.05, 0) is 31.2 Å². The molecule has 24 heavy (non-hydrogen) atoms. The number of fused-ring (bicyclic) bond motifs is 1. The lowest BCUT2D eigenvalue weighted by Gasteiger charge is -2.38. The van der Waals surface area contributed by atoms with Crippen molar-refractivity contribution in [1.82, 2.24) is 14.9 Å². The topological polar surface area (TPSA) is 32.3 Å². The van der Waals surface area contributed by atoms with Gasteiger partial charge in [0.15, 0.2) is 0 Å². The molecule has 4 rings (SSSR count). The Labute approximate surface area is 150 Å². The fourth-order valence-corrected chi connectivity index (χ4v) is 4.22. The molecule has 0 amide bonds. The fraction of sp³-hybridized carbons (Fsp3) is 0.333. The van der Waals surface area contributed by atoms with Crippen LogP contribution in [0.5, 0.6) is 0 Å². The SMILES string of the molecule is CC(c1nccs1)N1CCN(c2ccnc3cc(Cl)ccc23)CC1. The summed E-state index contributed by atoms with van der Waals surface area (Å²) in [6, 6.07) is 8.44. The molecule has 1 atom stereocenters. The van der Waals surface area contributed by atoms with Crippen LogP contribution < -0.4 is 4.90 Å². The molecule has 4 nitrogen and oxygen atoms in total. The van der Waals surface area contributed by atoms with Crippen LogP contribution in [0.2, 0.25) is 5.02 Å². The average molecular weight is 359 g/mol. The monoisotopic (exact) mass is 358 g/mol. The Balaban J connectivity index is 1.52. The van der Waals surface area contributed by atoms with E-state index < -0.39 is 0 Å². The van der Waals surface area contributed by atoms with Crippen molar-refractivity contribution in [3.05, 3.63) is 52.1 Å². The highest BCUT2D eigenvalue weighted by Crippen LogP contribution is 2.30. The molecule has 1 unspecified atom stereocenters. The van der Waals surface area contributed by atoms with E-state index in [2.05, 4.69) is 44.2 Å². The minimum absolute atomic E-state index is 0.389. The van der Waals surface area contributed by atoms with E-state index in [-0.39, 0.29) is 0 Å². The van der Waals surface area contributed by atoms with Gasteiger partial charge < -0.3 is 4.90 Å². The maximum absolute atomic E-state index is 6.09. The van der Waals surface area contributed by atoms with Crippen LogP contribution in [0.25, 0.3) is 10.9 Å². The van der Waals surface area contributed by atoms with Crippen LogP contribution in [0, 0.1) is 0 Å². The predicted octanol–water partition coefficient (Wildman–Crippen LogP) is 4.23. The summed E-state index contributed by atoms with van der Waals surface area (Å²) in [6.45, 7) is 6.35. The Morgan fingerprint density at radius 1 is 1.08 bits per heavy atom. The maximum atomic E-state index is 6.09. The molecular formula is C18H19ClN4S. The van der Waals surface area contributed by atoms with Crippen LogP contribution in [0.15, 0.2) is 42.0 Å². The lowest BCUT2D eigenvalue weighted by Crippen LogP contribution is -2.47. The predicted molar refractivity (Wildman–Crippen MR) is 101 cm³/mol. The fourth-order valence-electron chi connectivity index (χ4n) is 3.33. The van der Waals surface area contributed by atoms with Crippen molar-refractivity contribution >= 4 is 39.5 Å². The molecule has 1 saturated heterocycles. The molecule has 1 fully saturated rings. The summed E-state index contributed by atoms with van der Waals surface area (Å²) in [7, 11) is 0. The normalized spacial score (nSPS) is 17.3. The summed E-state index contributed by atoms with van der Waals surface area (Å²) in [5.74, 6) is 0. The molecule has 0 saturated carbocycles. The highest BCUT2D eigenvalue weighted by molar-refractivity contribution is 7.09. The number of halogens is 1. The molecule has 0 aliphatic carbocycles.